The van der Waals surface area contributed by atoms with E-state index in [2.05, 4.69) is 142 Å². The number of methoxy groups -OCH3 is 1. The summed E-state index contributed by atoms with van der Waals surface area (Å²) in [5.74, 6) is 2.45. The summed E-state index contributed by atoms with van der Waals surface area (Å²) in [5.41, 5.74) is 4.28. The predicted octanol–water partition coefficient (Wildman–Crippen LogP) is 7.95. The number of hydrogen-bond donors (Lipinski definition) is 0. The average molecular weight is 753 g/mol. The number of rotatable bonds is 9. The molecule has 0 radical (unpaired) electrons. The van der Waals surface area contributed by atoms with Gasteiger partial charge in [-0.1, -0.05) is 0 Å². The second kappa shape index (κ2) is 24.5. The summed E-state index contributed by atoms with van der Waals surface area (Å²) in [7, 11) is 1.69. The number of benzene rings is 3. The summed E-state index contributed by atoms with van der Waals surface area (Å²) in [5, 5.41) is 7.38. The SMILES string of the molecule is COc1ccc(C2=NN(c3ccccc3)[C@H]([C](=[Cr])O[C@@H]3C[C@H](C)CC[C@H]3C(C)(C)c3ccccc3)[C@H]2c2ccco2)cc1.[C-]#[O+].[C-]#[O+].[C-]#[O+].[C-]#[O+].[C-]#[O+]. The third kappa shape index (κ3) is 11.6. The standard InChI is InChI=1S/C37H40N2O3.5CO.Cr/c1-26-17-22-31(37(2,3)28-12-7-5-8-13-28)34(24-26)42-25-32-35(33-16-11-23-41-33)36(27-18-20-30(40-4)21-19-27)38-39(32)29-14-9-6-10-15-29;5*1-2;/h5-16,18-21,23,26,31-32,34-35H,17,22,24H2,1-4H3;;;;;;/t26-,31-,32-,34-,35+;;;;;;/m1....../s1. The van der Waals surface area contributed by atoms with E-state index >= 15 is 0 Å². The monoisotopic (exact) mass is 752 g/mol. The Hall–Kier alpha value is -4.73. The van der Waals surface area contributed by atoms with Gasteiger partial charge in [-0.15, -0.1) is 0 Å². The minimum absolute atomic E-state index is 0.0354. The number of para-hydroxylation sites is 1. The Kier molecular flexibility index (Phi) is 21.4. The fourth-order valence-electron chi connectivity index (χ4n) is 6.91. The Bertz CT molecular complexity index is 1750. The molecule has 11 heteroatoms. The zero-order chi connectivity index (χ0) is 40.0. The summed E-state index contributed by atoms with van der Waals surface area (Å²) in [4.78, 5) is 0. The van der Waals surface area contributed by atoms with Crippen molar-refractivity contribution in [2.75, 3.05) is 12.1 Å². The van der Waals surface area contributed by atoms with E-state index in [0.29, 0.717) is 11.8 Å². The molecule has 6 rings (SSSR count). The predicted molar refractivity (Wildman–Crippen MR) is 189 cm³/mol. The van der Waals surface area contributed by atoms with Crippen LogP contribution in [0.1, 0.15) is 62.8 Å². The van der Waals surface area contributed by atoms with E-state index in [0.717, 1.165) is 45.9 Å². The Morgan fingerprint density at radius 2 is 1.36 bits per heavy atom. The second-order valence-corrected chi connectivity index (χ2v) is 13.0. The van der Waals surface area contributed by atoms with Crippen LogP contribution in [-0.4, -0.2) is 29.5 Å². The average Bonchev–Trinajstić information content (AvgIpc) is 3.92. The van der Waals surface area contributed by atoms with Gasteiger partial charge in [-0.25, -0.2) is 0 Å². The first-order chi connectivity index (χ1) is 25.9. The molecule has 0 N–H and O–H groups in total. The number of hydrogen-bond acceptors (Lipinski definition) is 5. The van der Waals surface area contributed by atoms with Crippen molar-refractivity contribution in [2.24, 2.45) is 16.9 Å². The topological polar surface area (TPSA) is 147 Å². The Morgan fingerprint density at radius 1 is 0.792 bits per heavy atom. The van der Waals surface area contributed by atoms with Crippen LogP contribution in [0.4, 0.5) is 5.69 Å². The molecule has 0 saturated heterocycles. The summed E-state index contributed by atoms with van der Waals surface area (Å²) in [6.07, 6.45) is 5.16. The molecule has 0 bridgehead atoms. The van der Waals surface area contributed by atoms with Gasteiger partial charge >= 0.3 is 321 Å². The van der Waals surface area contributed by atoms with Crippen LogP contribution in [0.3, 0.4) is 0 Å². The van der Waals surface area contributed by atoms with Crippen molar-refractivity contribution in [3.8, 4) is 5.75 Å². The van der Waals surface area contributed by atoms with E-state index in [9.17, 15) is 0 Å². The summed E-state index contributed by atoms with van der Waals surface area (Å²) in [6.45, 7) is 29.6. The first-order valence-electron chi connectivity index (χ1n) is 16.3. The van der Waals surface area contributed by atoms with Crippen LogP contribution in [-0.2, 0) is 49.3 Å². The van der Waals surface area contributed by atoms with E-state index in [4.69, 9.17) is 42.3 Å². The quantitative estimate of drug-likeness (QED) is 0.126. The Morgan fingerprint density at radius 3 is 1.89 bits per heavy atom. The van der Waals surface area contributed by atoms with E-state index in [1.54, 1.807) is 13.4 Å². The van der Waals surface area contributed by atoms with Crippen molar-refractivity contribution in [1.82, 2.24) is 0 Å². The van der Waals surface area contributed by atoms with Crippen molar-refractivity contribution in [1.29, 1.82) is 0 Å². The van der Waals surface area contributed by atoms with Gasteiger partial charge in [0.2, 0.25) is 0 Å². The molecule has 1 aliphatic carbocycles. The number of anilines is 1. The Labute approximate surface area is 319 Å². The normalized spacial score (nSPS) is 19.7. The zero-order valence-electron chi connectivity index (χ0n) is 29.9. The molecule has 0 amide bonds. The third-order valence-corrected chi connectivity index (χ3v) is 9.88. The fraction of sp³-hybridized carbons (Fsp3) is 0.310. The van der Waals surface area contributed by atoms with Crippen LogP contribution in [0.25, 0.3) is 0 Å². The van der Waals surface area contributed by atoms with Gasteiger partial charge < -0.3 is 0 Å². The first-order valence-corrected chi connectivity index (χ1v) is 16.9. The molecule has 4 aromatic rings. The molecule has 0 unspecified atom stereocenters. The Balaban J connectivity index is 0.00000130. The minimum atomic E-state index is -0.233. The van der Waals surface area contributed by atoms with Crippen LogP contribution in [0.2, 0.25) is 0 Å². The molecule has 272 valence electrons. The van der Waals surface area contributed by atoms with Crippen molar-refractivity contribution < 1.29 is 53.0 Å². The fourth-order valence-corrected chi connectivity index (χ4v) is 7.47. The van der Waals surface area contributed by atoms with E-state index in [1.807, 2.05) is 30.3 Å². The third-order valence-electron chi connectivity index (χ3n) is 9.35. The molecule has 2 aliphatic rings. The summed E-state index contributed by atoms with van der Waals surface area (Å²) in [6, 6.07) is 33.1. The van der Waals surface area contributed by atoms with Crippen molar-refractivity contribution in [3.05, 3.63) is 153 Å². The summed E-state index contributed by atoms with van der Waals surface area (Å²) < 4.78 is 57.0. The van der Waals surface area contributed by atoms with Gasteiger partial charge in [-0.05, 0) is 0 Å². The van der Waals surface area contributed by atoms with E-state index in [-0.39, 0.29) is 23.5 Å². The molecule has 53 heavy (non-hydrogen) atoms. The number of ether oxygens (including phenoxy) is 2. The maximum atomic E-state index is 7.50. The van der Waals surface area contributed by atoms with Gasteiger partial charge in [-0.2, -0.15) is 0 Å². The van der Waals surface area contributed by atoms with Crippen LogP contribution < -0.4 is 9.75 Å². The van der Waals surface area contributed by atoms with Crippen LogP contribution >= 0.6 is 0 Å². The van der Waals surface area contributed by atoms with Crippen LogP contribution in [0.5, 0.6) is 5.75 Å². The van der Waals surface area contributed by atoms with Crippen molar-refractivity contribution in [3.63, 3.8) is 0 Å². The first kappa shape index (κ1) is 46.3. The van der Waals surface area contributed by atoms with Crippen LogP contribution in [0.15, 0.2) is 113 Å². The molecule has 1 aliphatic heterocycles. The van der Waals surface area contributed by atoms with Crippen molar-refractivity contribution >= 4 is 16.0 Å². The van der Waals surface area contributed by atoms with E-state index in [1.165, 1.54) is 12.0 Å². The van der Waals surface area contributed by atoms with Crippen LogP contribution in [0, 0.1) is 45.1 Å². The number of hydrazone groups is 1. The molecule has 1 saturated carbocycles. The van der Waals surface area contributed by atoms with Gasteiger partial charge in [0.15, 0.2) is 0 Å². The molecule has 1 fully saturated rings. The molecule has 0 spiro atoms. The summed E-state index contributed by atoms with van der Waals surface area (Å²) >= 11 is 3.39. The zero-order valence-corrected chi connectivity index (χ0v) is 31.2. The second-order valence-electron chi connectivity index (χ2n) is 12.4. The molecular weight excluding hydrogens is 712 g/mol. The number of furan rings is 1. The van der Waals surface area contributed by atoms with Gasteiger partial charge in [0, 0.05) is 0 Å². The maximum absolute atomic E-state index is 7.50. The molecule has 2 heterocycles. The molecule has 3 aromatic carbocycles. The molecule has 10 nitrogen and oxygen atoms in total. The van der Waals surface area contributed by atoms with E-state index < -0.39 is 0 Å². The van der Waals surface area contributed by atoms with Crippen molar-refractivity contribution in [2.45, 2.75) is 63.5 Å². The molecular formula is C42H40CrN2O8. The van der Waals surface area contributed by atoms with Gasteiger partial charge in [0.05, 0.1) is 0 Å². The molecule has 1 aromatic heterocycles. The van der Waals surface area contributed by atoms with Gasteiger partial charge in [0.1, 0.15) is 0 Å². The molecule has 5 atom stereocenters. The van der Waals surface area contributed by atoms with Gasteiger partial charge in [-0.3, -0.25) is 0 Å². The van der Waals surface area contributed by atoms with Gasteiger partial charge in [0.25, 0.3) is 0 Å². The number of nitrogens with zero attached hydrogens (tertiary/aromatic N) is 2.